The summed E-state index contributed by atoms with van der Waals surface area (Å²) in [4.78, 5) is 52.8. The summed E-state index contributed by atoms with van der Waals surface area (Å²) in [6.45, 7) is 0. The zero-order valence-electron chi connectivity index (χ0n) is 20.1. The highest BCUT2D eigenvalue weighted by Crippen LogP contribution is 2.55. The van der Waals surface area contributed by atoms with Gasteiger partial charge in [-0.2, -0.15) is 0 Å². The van der Waals surface area contributed by atoms with Crippen molar-refractivity contribution in [3.63, 3.8) is 0 Å². The van der Waals surface area contributed by atoms with Crippen molar-refractivity contribution >= 4 is 23.7 Å². The Morgan fingerprint density at radius 3 is 2.57 bits per heavy atom. The van der Waals surface area contributed by atoms with Crippen molar-refractivity contribution in [3.05, 3.63) is 59.8 Å². The standard InChI is InChI=1S/C26H27FN2O8/c1-34-23(32)16-10-18(36-22(31)14-4-2-3-5-17(14)27)20(30)21-25(16,28)8-6-15-24(33)37-19(11-26(15,21)29)13-7-9-35-12-13/h2-5,7,9,12,15-16,18-19,21H,6,8,10-11,28-29H2,1H3/t15-,16-,18?,19-,21-,25+,26+/m0/s1. The lowest BCUT2D eigenvalue weighted by Crippen LogP contribution is -2.78. The predicted molar refractivity (Wildman–Crippen MR) is 123 cm³/mol. The second kappa shape index (κ2) is 9.07. The Balaban J connectivity index is 1.54. The van der Waals surface area contributed by atoms with Crippen LogP contribution in [0.5, 0.6) is 0 Å². The molecule has 0 radical (unpaired) electrons. The number of ketones is 1. The van der Waals surface area contributed by atoms with E-state index in [1.165, 1.54) is 37.8 Å². The van der Waals surface area contributed by atoms with Gasteiger partial charge in [0.15, 0.2) is 11.9 Å². The van der Waals surface area contributed by atoms with E-state index < -0.39 is 70.5 Å². The molecule has 1 aromatic heterocycles. The van der Waals surface area contributed by atoms with Crippen LogP contribution >= 0.6 is 0 Å². The first-order chi connectivity index (χ1) is 17.6. The van der Waals surface area contributed by atoms with Gasteiger partial charge in [-0.15, -0.1) is 0 Å². The number of Topliss-reactive ketones (excluding diaryl/α,β-unsaturated/α-hetero) is 1. The van der Waals surface area contributed by atoms with Gasteiger partial charge in [0.1, 0.15) is 11.9 Å². The van der Waals surface area contributed by atoms with Crippen LogP contribution in [0, 0.1) is 23.6 Å². The first-order valence-electron chi connectivity index (χ1n) is 12.0. The number of hydrogen-bond acceptors (Lipinski definition) is 10. The number of ether oxygens (including phenoxy) is 3. The third-order valence-electron chi connectivity index (χ3n) is 8.12. The van der Waals surface area contributed by atoms with E-state index in [1.54, 1.807) is 6.07 Å². The van der Waals surface area contributed by atoms with Crippen LogP contribution in [0.2, 0.25) is 0 Å². The molecule has 1 unspecified atom stereocenters. The Labute approximate surface area is 211 Å². The second-order valence-electron chi connectivity index (χ2n) is 10.0. The van der Waals surface area contributed by atoms with E-state index in [2.05, 4.69) is 0 Å². The molecule has 196 valence electrons. The summed E-state index contributed by atoms with van der Waals surface area (Å²) < 4.78 is 35.4. The second-order valence-corrected chi connectivity index (χ2v) is 10.0. The maximum absolute atomic E-state index is 14.2. The monoisotopic (exact) mass is 514 g/mol. The van der Waals surface area contributed by atoms with E-state index in [1.807, 2.05) is 0 Å². The fraction of sp³-hybridized carbons (Fsp3) is 0.462. The number of halogens is 1. The number of methoxy groups -OCH3 is 1. The smallest absolute Gasteiger partial charge is 0.341 e. The number of cyclic esters (lactones) is 1. The molecule has 3 fully saturated rings. The van der Waals surface area contributed by atoms with E-state index in [-0.39, 0.29) is 31.2 Å². The largest absolute Gasteiger partial charge is 0.472 e. The highest BCUT2D eigenvalue weighted by molar-refractivity contribution is 5.97. The summed E-state index contributed by atoms with van der Waals surface area (Å²) in [5.74, 6) is -6.99. The number of rotatable bonds is 4. The fourth-order valence-electron chi connectivity index (χ4n) is 6.36. The maximum Gasteiger partial charge on any atom is 0.341 e. The minimum Gasteiger partial charge on any atom is -0.472 e. The molecular formula is C26H27FN2O8. The van der Waals surface area contributed by atoms with Gasteiger partial charge in [0.05, 0.1) is 43.0 Å². The summed E-state index contributed by atoms with van der Waals surface area (Å²) in [5, 5.41) is 0. The minimum absolute atomic E-state index is 0.0279. The Bertz CT molecular complexity index is 1250. The quantitative estimate of drug-likeness (QED) is 0.455. The van der Waals surface area contributed by atoms with Gasteiger partial charge < -0.3 is 30.1 Å². The van der Waals surface area contributed by atoms with Crippen LogP contribution < -0.4 is 11.5 Å². The number of benzene rings is 1. The summed E-state index contributed by atoms with van der Waals surface area (Å²) in [6.07, 6.45) is 0.661. The van der Waals surface area contributed by atoms with Crippen LogP contribution in [-0.2, 0) is 28.6 Å². The molecule has 2 heterocycles. The number of carbonyl (C=O) groups excluding carboxylic acids is 4. The topological polar surface area (TPSA) is 161 Å². The Hall–Kier alpha value is -3.57. The molecule has 2 aliphatic carbocycles. The predicted octanol–water partition coefficient (Wildman–Crippen LogP) is 1.82. The third kappa shape index (κ3) is 3.93. The molecule has 37 heavy (non-hydrogen) atoms. The number of carbonyl (C=O) groups is 4. The van der Waals surface area contributed by atoms with Crippen LogP contribution in [-0.4, -0.2) is 48.0 Å². The Morgan fingerprint density at radius 2 is 1.89 bits per heavy atom. The summed E-state index contributed by atoms with van der Waals surface area (Å²) in [5.41, 5.74) is 11.0. The minimum atomic E-state index is -1.52. The zero-order valence-corrected chi connectivity index (χ0v) is 20.1. The van der Waals surface area contributed by atoms with E-state index >= 15 is 0 Å². The molecule has 0 amide bonds. The number of furan rings is 1. The number of esters is 3. The average molecular weight is 515 g/mol. The fourth-order valence-corrected chi connectivity index (χ4v) is 6.36. The lowest BCUT2D eigenvalue weighted by molar-refractivity contribution is -0.186. The highest BCUT2D eigenvalue weighted by atomic mass is 19.1. The maximum atomic E-state index is 14.2. The average Bonchev–Trinajstić information content (AvgIpc) is 3.40. The first-order valence-corrected chi connectivity index (χ1v) is 12.0. The van der Waals surface area contributed by atoms with Gasteiger partial charge in [-0.3, -0.25) is 14.4 Å². The van der Waals surface area contributed by atoms with Crippen molar-refractivity contribution < 1.29 is 42.2 Å². The Kier molecular flexibility index (Phi) is 6.15. The molecule has 0 bridgehead atoms. The van der Waals surface area contributed by atoms with Gasteiger partial charge in [0, 0.05) is 29.5 Å². The van der Waals surface area contributed by atoms with E-state index in [4.69, 9.17) is 30.1 Å². The molecule has 7 atom stereocenters. The molecule has 5 rings (SSSR count). The molecule has 1 aliphatic heterocycles. The molecule has 4 N–H and O–H groups in total. The molecule has 2 aromatic rings. The molecular weight excluding hydrogens is 487 g/mol. The molecule has 1 aromatic carbocycles. The van der Waals surface area contributed by atoms with Crippen LogP contribution in [0.25, 0.3) is 0 Å². The van der Waals surface area contributed by atoms with Crippen LogP contribution in [0.15, 0.2) is 47.3 Å². The van der Waals surface area contributed by atoms with E-state index in [0.717, 1.165) is 6.07 Å². The van der Waals surface area contributed by atoms with Crippen LogP contribution in [0.1, 0.15) is 47.7 Å². The summed E-state index contributed by atoms with van der Waals surface area (Å²) in [6, 6.07) is 6.80. The SMILES string of the molecule is COC(=O)[C@@H]1CC(OC(=O)c2ccccc2F)C(=O)[C@H]2[C@@]1(N)CC[C@H]1C(=O)O[C@H](c3ccoc3)C[C@]21N. The van der Waals surface area contributed by atoms with E-state index in [9.17, 15) is 23.6 Å². The van der Waals surface area contributed by atoms with Crippen molar-refractivity contribution in [1.82, 2.24) is 0 Å². The van der Waals surface area contributed by atoms with Crippen molar-refractivity contribution in [3.8, 4) is 0 Å². The van der Waals surface area contributed by atoms with Gasteiger partial charge >= 0.3 is 17.9 Å². The van der Waals surface area contributed by atoms with Crippen molar-refractivity contribution in [1.29, 1.82) is 0 Å². The normalized spacial score (nSPS) is 35.1. The van der Waals surface area contributed by atoms with Crippen LogP contribution in [0.4, 0.5) is 4.39 Å². The number of fused-ring (bicyclic) bond motifs is 3. The summed E-state index contributed by atoms with van der Waals surface area (Å²) >= 11 is 0. The summed E-state index contributed by atoms with van der Waals surface area (Å²) in [7, 11) is 1.19. The van der Waals surface area contributed by atoms with Gasteiger partial charge in [-0.25, -0.2) is 9.18 Å². The first kappa shape index (κ1) is 25.1. The lowest BCUT2D eigenvalue weighted by atomic mass is 9.48. The third-order valence-corrected chi connectivity index (χ3v) is 8.12. The van der Waals surface area contributed by atoms with Crippen LogP contribution in [0.3, 0.4) is 0 Å². The lowest BCUT2D eigenvalue weighted by Gasteiger charge is -2.60. The molecule has 10 nitrogen and oxygen atoms in total. The van der Waals surface area contributed by atoms with Crippen molar-refractivity contribution in [2.24, 2.45) is 29.2 Å². The molecule has 0 spiro atoms. The van der Waals surface area contributed by atoms with Gasteiger partial charge in [-0.1, -0.05) is 12.1 Å². The van der Waals surface area contributed by atoms with E-state index in [0.29, 0.717) is 5.56 Å². The number of hydrogen-bond donors (Lipinski definition) is 2. The molecule has 1 saturated heterocycles. The van der Waals surface area contributed by atoms with Crippen molar-refractivity contribution in [2.75, 3.05) is 7.11 Å². The highest BCUT2D eigenvalue weighted by Gasteiger charge is 2.69. The molecule has 3 aliphatic rings. The van der Waals surface area contributed by atoms with Gasteiger partial charge in [-0.05, 0) is 31.0 Å². The number of nitrogens with two attached hydrogens (primary N) is 2. The Morgan fingerprint density at radius 1 is 1.14 bits per heavy atom. The molecule has 11 heteroatoms. The molecule has 2 saturated carbocycles. The zero-order chi connectivity index (χ0) is 26.5. The van der Waals surface area contributed by atoms with Gasteiger partial charge in [0.2, 0.25) is 0 Å². The van der Waals surface area contributed by atoms with Crippen molar-refractivity contribution in [2.45, 2.75) is 49.0 Å². The van der Waals surface area contributed by atoms with Gasteiger partial charge in [0.25, 0.3) is 0 Å².